The molecular weight excluding hydrogens is 431 g/mol. The predicted octanol–water partition coefficient (Wildman–Crippen LogP) is 5.00. The third-order valence-corrected chi connectivity index (χ3v) is 6.45. The van der Waals surface area contributed by atoms with Gasteiger partial charge in [0, 0.05) is 22.8 Å². The van der Waals surface area contributed by atoms with E-state index in [0.29, 0.717) is 21.4 Å². The van der Waals surface area contributed by atoms with Crippen molar-refractivity contribution >= 4 is 50.5 Å². The largest absolute Gasteiger partial charge is 0.326 e. The lowest BCUT2D eigenvalue weighted by molar-refractivity contribution is -0.115. The van der Waals surface area contributed by atoms with Gasteiger partial charge >= 0.3 is 0 Å². The smallest absolute Gasteiger partial charge is 0.264 e. The minimum Gasteiger partial charge on any atom is -0.326 e. The molecule has 3 aromatic carbocycles. The van der Waals surface area contributed by atoms with Crippen LogP contribution in [-0.4, -0.2) is 21.4 Å². The number of sulfonamides is 1. The summed E-state index contributed by atoms with van der Waals surface area (Å²) in [4.78, 5) is 12.5. The summed E-state index contributed by atoms with van der Waals surface area (Å²) in [5.41, 5.74) is 1.75. The number of anilines is 2. The SMILES string of the molecule is CN(c1ccc(CC(=O)Nc2cc(Cl)cc(Cl)c2)cc1)S(=O)(=O)c1ccccc1. The first kappa shape index (κ1) is 21.2. The molecule has 29 heavy (non-hydrogen) atoms. The summed E-state index contributed by atoms with van der Waals surface area (Å²) >= 11 is 11.9. The minimum atomic E-state index is -3.65. The van der Waals surface area contributed by atoms with Crippen molar-refractivity contribution in [3.63, 3.8) is 0 Å². The van der Waals surface area contributed by atoms with E-state index in [2.05, 4.69) is 5.32 Å². The lowest BCUT2D eigenvalue weighted by Gasteiger charge is -2.19. The summed E-state index contributed by atoms with van der Waals surface area (Å²) in [6.07, 6.45) is 0.125. The van der Waals surface area contributed by atoms with Crippen LogP contribution >= 0.6 is 23.2 Å². The molecule has 0 radical (unpaired) electrons. The Kier molecular flexibility index (Phi) is 6.47. The van der Waals surface area contributed by atoms with Crippen LogP contribution in [0.2, 0.25) is 10.0 Å². The highest BCUT2D eigenvalue weighted by atomic mass is 35.5. The second-order valence-electron chi connectivity index (χ2n) is 6.34. The van der Waals surface area contributed by atoms with Crippen LogP contribution in [0.3, 0.4) is 0 Å². The molecule has 0 saturated carbocycles. The van der Waals surface area contributed by atoms with Gasteiger partial charge in [-0.3, -0.25) is 9.10 Å². The number of hydrogen-bond donors (Lipinski definition) is 1. The number of nitrogens with one attached hydrogen (secondary N) is 1. The molecule has 1 N–H and O–H groups in total. The maximum absolute atomic E-state index is 12.7. The van der Waals surface area contributed by atoms with Gasteiger partial charge in [-0.1, -0.05) is 53.5 Å². The van der Waals surface area contributed by atoms with Crippen LogP contribution in [0.25, 0.3) is 0 Å². The lowest BCUT2D eigenvalue weighted by atomic mass is 10.1. The Morgan fingerprint density at radius 2 is 1.52 bits per heavy atom. The molecule has 150 valence electrons. The van der Waals surface area contributed by atoms with Gasteiger partial charge in [0.15, 0.2) is 0 Å². The quantitative estimate of drug-likeness (QED) is 0.576. The van der Waals surface area contributed by atoms with Crippen LogP contribution in [-0.2, 0) is 21.2 Å². The number of carbonyl (C=O) groups excluding carboxylic acids is 1. The fourth-order valence-electron chi connectivity index (χ4n) is 2.73. The van der Waals surface area contributed by atoms with Gasteiger partial charge in [0.25, 0.3) is 10.0 Å². The average Bonchev–Trinajstić information content (AvgIpc) is 2.67. The maximum atomic E-state index is 12.7. The molecule has 0 heterocycles. The van der Waals surface area contributed by atoms with Crippen molar-refractivity contribution in [3.8, 4) is 0 Å². The van der Waals surface area contributed by atoms with Crippen molar-refractivity contribution in [2.45, 2.75) is 11.3 Å². The van der Waals surface area contributed by atoms with Crippen molar-refractivity contribution in [1.82, 2.24) is 0 Å². The molecular formula is C21H18Cl2N2O3S. The van der Waals surface area contributed by atoms with E-state index < -0.39 is 10.0 Å². The Bertz CT molecular complexity index is 1100. The summed E-state index contributed by atoms with van der Waals surface area (Å²) < 4.78 is 26.6. The standard InChI is InChI=1S/C21H18Cl2N2O3S/c1-25(29(27,28)20-5-3-2-4-6-20)19-9-7-15(8-10-19)11-21(26)24-18-13-16(22)12-17(23)14-18/h2-10,12-14H,11H2,1H3,(H,24,26). The summed E-state index contributed by atoms with van der Waals surface area (Å²) in [5, 5.41) is 3.60. The molecule has 5 nitrogen and oxygen atoms in total. The molecule has 0 saturated heterocycles. The topological polar surface area (TPSA) is 66.5 Å². The average molecular weight is 449 g/mol. The summed E-state index contributed by atoms with van der Waals surface area (Å²) in [7, 11) is -2.15. The van der Waals surface area contributed by atoms with E-state index in [1.807, 2.05) is 0 Å². The first-order valence-electron chi connectivity index (χ1n) is 8.64. The number of rotatable bonds is 6. The Balaban J connectivity index is 1.69. The van der Waals surface area contributed by atoms with Gasteiger partial charge in [-0.05, 0) is 48.0 Å². The highest BCUT2D eigenvalue weighted by Gasteiger charge is 2.20. The highest BCUT2D eigenvalue weighted by Crippen LogP contribution is 2.24. The molecule has 0 atom stereocenters. The zero-order valence-electron chi connectivity index (χ0n) is 15.5. The number of benzene rings is 3. The van der Waals surface area contributed by atoms with Gasteiger partial charge in [-0.25, -0.2) is 8.42 Å². The lowest BCUT2D eigenvalue weighted by Crippen LogP contribution is -2.26. The Hall–Kier alpha value is -2.54. The number of nitrogens with zero attached hydrogens (tertiary/aromatic N) is 1. The van der Waals surface area contributed by atoms with E-state index in [1.165, 1.54) is 11.4 Å². The Morgan fingerprint density at radius 1 is 0.931 bits per heavy atom. The van der Waals surface area contributed by atoms with Crippen LogP contribution in [0.1, 0.15) is 5.56 Å². The van der Waals surface area contributed by atoms with Gasteiger partial charge in [0.05, 0.1) is 17.0 Å². The Labute approximate surface area is 179 Å². The summed E-state index contributed by atoms with van der Waals surface area (Å²) in [5.74, 6) is -0.235. The third kappa shape index (κ3) is 5.29. The molecule has 3 aromatic rings. The molecule has 0 unspecified atom stereocenters. The second kappa shape index (κ2) is 8.86. The molecule has 0 bridgehead atoms. The number of halogens is 2. The molecule has 1 amide bonds. The van der Waals surface area contributed by atoms with Crippen molar-refractivity contribution in [3.05, 3.63) is 88.4 Å². The van der Waals surface area contributed by atoms with Crippen LogP contribution in [0.5, 0.6) is 0 Å². The third-order valence-electron chi connectivity index (χ3n) is 4.21. The highest BCUT2D eigenvalue weighted by molar-refractivity contribution is 7.92. The number of amides is 1. The second-order valence-corrected chi connectivity index (χ2v) is 9.18. The van der Waals surface area contributed by atoms with E-state index in [1.54, 1.807) is 72.8 Å². The fourth-order valence-corrected chi connectivity index (χ4v) is 4.47. The first-order chi connectivity index (χ1) is 13.8. The first-order valence-corrected chi connectivity index (χ1v) is 10.8. The van der Waals surface area contributed by atoms with E-state index in [9.17, 15) is 13.2 Å². The molecule has 0 aliphatic carbocycles. The molecule has 0 aliphatic rings. The monoisotopic (exact) mass is 448 g/mol. The molecule has 3 rings (SSSR count). The molecule has 0 fully saturated rings. The van der Waals surface area contributed by atoms with Crippen LogP contribution in [0.4, 0.5) is 11.4 Å². The molecule has 0 spiro atoms. The van der Waals surface area contributed by atoms with E-state index >= 15 is 0 Å². The Morgan fingerprint density at radius 3 is 2.10 bits per heavy atom. The van der Waals surface area contributed by atoms with Gasteiger partial charge in [0.1, 0.15) is 0 Å². The van der Waals surface area contributed by atoms with E-state index in [-0.39, 0.29) is 17.2 Å². The zero-order chi connectivity index (χ0) is 21.0. The van der Waals surface area contributed by atoms with E-state index in [4.69, 9.17) is 23.2 Å². The van der Waals surface area contributed by atoms with Crippen molar-refractivity contribution in [1.29, 1.82) is 0 Å². The predicted molar refractivity (Wildman–Crippen MR) is 117 cm³/mol. The van der Waals surface area contributed by atoms with Gasteiger partial charge in [-0.15, -0.1) is 0 Å². The van der Waals surface area contributed by atoms with Crippen molar-refractivity contribution in [2.24, 2.45) is 0 Å². The summed E-state index contributed by atoms with van der Waals surface area (Å²) in [6.45, 7) is 0. The fraction of sp³-hybridized carbons (Fsp3) is 0.0952. The van der Waals surface area contributed by atoms with Gasteiger partial charge < -0.3 is 5.32 Å². The summed E-state index contributed by atoms with van der Waals surface area (Å²) in [6, 6.07) is 19.8. The zero-order valence-corrected chi connectivity index (χ0v) is 17.8. The van der Waals surface area contributed by atoms with Crippen LogP contribution in [0.15, 0.2) is 77.7 Å². The minimum absolute atomic E-state index is 0.125. The number of carbonyl (C=O) groups is 1. The normalized spacial score (nSPS) is 11.1. The van der Waals surface area contributed by atoms with Gasteiger partial charge in [-0.2, -0.15) is 0 Å². The molecule has 0 aromatic heterocycles. The molecule has 0 aliphatic heterocycles. The van der Waals surface area contributed by atoms with Crippen molar-refractivity contribution in [2.75, 3.05) is 16.7 Å². The van der Waals surface area contributed by atoms with Crippen LogP contribution in [0, 0.1) is 0 Å². The van der Waals surface area contributed by atoms with Gasteiger partial charge in [0.2, 0.25) is 5.91 Å². The van der Waals surface area contributed by atoms with Crippen molar-refractivity contribution < 1.29 is 13.2 Å². The number of hydrogen-bond acceptors (Lipinski definition) is 3. The van der Waals surface area contributed by atoms with E-state index in [0.717, 1.165) is 5.56 Å². The van der Waals surface area contributed by atoms with Crippen LogP contribution < -0.4 is 9.62 Å². The molecule has 8 heteroatoms. The maximum Gasteiger partial charge on any atom is 0.264 e.